The van der Waals surface area contributed by atoms with Crippen LogP contribution in [0.25, 0.3) is 5.69 Å². The van der Waals surface area contributed by atoms with Crippen molar-refractivity contribution in [2.45, 2.75) is 24.9 Å². The Morgan fingerprint density at radius 1 is 0.846 bits per heavy atom. The minimum Gasteiger partial charge on any atom is -0.245 e. The van der Waals surface area contributed by atoms with Crippen molar-refractivity contribution in [3.63, 3.8) is 0 Å². The van der Waals surface area contributed by atoms with Crippen LogP contribution in [0.3, 0.4) is 0 Å². The van der Waals surface area contributed by atoms with Crippen molar-refractivity contribution < 1.29 is 0 Å². The highest BCUT2D eigenvalue weighted by molar-refractivity contribution is 7.99. The van der Waals surface area contributed by atoms with Gasteiger partial charge in [0.25, 0.3) is 0 Å². The summed E-state index contributed by atoms with van der Waals surface area (Å²) in [6.45, 7) is 0. The molecular formula is C20H19N3O2S. The zero-order valence-electron chi connectivity index (χ0n) is 14.2. The topological polar surface area (TPSA) is 48.9 Å². The highest BCUT2D eigenvalue weighted by Gasteiger charge is 3.02. The van der Waals surface area contributed by atoms with Crippen LogP contribution in [-0.2, 0) is 0 Å². The Labute approximate surface area is 154 Å². The zero-order chi connectivity index (χ0) is 17.0. The van der Waals surface area contributed by atoms with Gasteiger partial charge in [0.15, 0.2) is 0 Å². The Bertz CT molecular complexity index is 1070. The number of thioether (sulfide) groups is 1. The molecule has 0 N–H and O–H groups in total. The standard InChI is InChI=1S/C20H19N3O2S/c24-17-21(10-4-2-1-3-5-10)18(25)23-16-13-11-12(13)15(22(17)23)19-6-8-26-9-7-20(16,19)14(11)19/h1-5,11-16H,6-9H2. The van der Waals surface area contributed by atoms with E-state index >= 15 is 0 Å². The van der Waals surface area contributed by atoms with Crippen molar-refractivity contribution in [2.24, 2.45) is 34.5 Å². The fourth-order valence-electron chi connectivity index (χ4n) is 8.84. The Hall–Kier alpha value is -1.69. The molecule has 132 valence electrons. The SMILES string of the molecule is O=c1n(-c2ccccc2)c(=O)n2n1C1C3C4C3C3C15CCSCCC35C42. The van der Waals surface area contributed by atoms with Gasteiger partial charge in [-0.1, -0.05) is 18.2 Å². The van der Waals surface area contributed by atoms with E-state index in [0.717, 1.165) is 11.8 Å². The number of aromatic nitrogens is 3. The van der Waals surface area contributed by atoms with E-state index in [0.29, 0.717) is 28.4 Å². The molecule has 5 fully saturated rings. The first kappa shape index (κ1) is 13.5. The van der Waals surface area contributed by atoms with E-state index in [1.165, 1.54) is 28.9 Å². The summed E-state index contributed by atoms with van der Waals surface area (Å²) >= 11 is 2.08. The van der Waals surface area contributed by atoms with Gasteiger partial charge in [-0.25, -0.2) is 23.5 Å². The number of para-hydroxylation sites is 1. The van der Waals surface area contributed by atoms with Crippen molar-refractivity contribution in [3.05, 3.63) is 51.3 Å². The molecular weight excluding hydrogens is 346 g/mol. The molecule has 6 atom stereocenters. The molecule has 2 bridgehead atoms. The van der Waals surface area contributed by atoms with E-state index in [4.69, 9.17) is 0 Å². The minimum absolute atomic E-state index is 0.104. The average Bonchev–Trinajstić information content (AvgIpc) is 3.42. The smallest absolute Gasteiger partial charge is 0.245 e. The summed E-state index contributed by atoms with van der Waals surface area (Å²) in [5.74, 6) is 5.42. The van der Waals surface area contributed by atoms with Crippen LogP contribution in [0, 0.1) is 34.5 Å². The van der Waals surface area contributed by atoms with Crippen molar-refractivity contribution in [2.75, 3.05) is 11.5 Å². The van der Waals surface area contributed by atoms with Crippen molar-refractivity contribution in [1.82, 2.24) is 13.9 Å². The molecule has 4 saturated carbocycles. The Morgan fingerprint density at radius 2 is 1.42 bits per heavy atom. The van der Waals surface area contributed by atoms with Crippen molar-refractivity contribution in [3.8, 4) is 5.69 Å². The van der Waals surface area contributed by atoms with Gasteiger partial charge in [0.2, 0.25) is 0 Å². The number of benzene rings is 1. The summed E-state index contributed by atoms with van der Waals surface area (Å²) in [5, 5.41) is 0. The molecule has 0 amide bonds. The van der Waals surface area contributed by atoms with Crippen LogP contribution in [0.15, 0.2) is 39.9 Å². The van der Waals surface area contributed by atoms with Crippen molar-refractivity contribution in [1.29, 1.82) is 0 Å². The average molecular weight is 365 g/mol. The van der Waals surface area contributed by atoms with Crippen LogP contribution in [0.2, 0.25) is 0 Å². The monoisotopic (exact) mass is 365 g/mol. The van der Waals surface area contributed by atoms with Gasteiger partial charge < -0.3 is 0 Å². The third-order valence-corrected chi connectivity index (χ3v) is 10.1. The summed E-state index contributed by atoms with van der Waals surface area (Å²) in [6.07, 6.45) is 2.50. The van der Waals surface area contributed by atoms with E-state index in [1.807, 2.05) is 39.7 Å². The summed E-state index contributed by atoms with van der Waals surface area (Å²) in [5.41, 5.74) is 1.17. The maximum Gasteiger partial charge on any atom is 0.352 e. The maximum atomic E-state index is 13.4. The lowest BCUT2D eigenvalue weighted by molar-refractivity contribution is -0.00192. The predicted octanol–water partition coefficient (Wildman–Crippen LogP) is 1.92. The second-order valence-corrected chi connectivity index (χ2v) is 10.4. The summed E-state index contributed by atoms with van der Waals surface area (Å²) in [6, 6.07) is 10.0. The maximum absolute atomic E-state index is 13.4. The van der Waals surface area contributed by atoms with Gasteiger partial charge in [-0.2, -0.15) is 11.8 Å². The van der Waals surface area contributed by atoms with E-state index in [1.54, 1.807) is 0 Å². The highest BCUT2D eigenvalue weighted by Crippen LogP contribution is 3.04. The van der Waals surface area contributed by atoms with E-state index in [2.05, 4.69) is 11.8 Å². The number of rotatable bonds is 1. The van der Waals surface area contributed by atoms with Crippen LogP contribution >= 0.6 is 11.8 Å². The van der Waals surface area contributed by atoms with Gasteiger partial charge in [0.05, 0.1) is 17.8 Å². The predicted molar refractivity (Wildman–Crippen MR) is 97.7 cm³/mol. The molecule has 3 aliphatic heterocycles. The van der Waals surface area contributed by atoms with E-state index in [9.17, 15) is 9.59 Å². The van der Waals surface area contributed by atoms with Gasteiger partial charge in [-0.15, -0.1) is 0 Å². The third kappa shape index (κ3) is 0.987. The van der Waals surface area contributed by atoms with Crippen LogP contribution < -0.4 is 11.4 Å². The molecule has 1 aromatic heterocycles. The molecule has 1 saturated heterocycles. The normalized spacial score (nSPS) is 50.2. The van der Waals surface area contributed by atoms with Crippen LogP contribution in [0.1, 0.15) is 24.9 Å². The van der Waals surface area contributed by atoms with Gasteiger partial charge in [-0.05, 0) is 60.2 Å². The molecule has 6 heteroatoms. The second-order valence-electron chi connectivity index (χ2n) is 9.22. The molecule has 4 aliphatic carbocycles. The minimum atomic E-state index is -0.104. The molecule has 26 heavy (non-hydrogen) atoms. The highest BCUT2D eigenvalue weighted by atomic mass is 32.2. The zero-order valence-corrected chi connectivity index (χ0v) is 15.1. The first-order chi connectivity index (χ1) is 12.7. The summed E-state index contributed by atoms with van der Waals surface area (Å²) in [4.78, 5) is 26.8. The lowest BCUT2D eigenvalue weighted by atomic mass is 9.69. The molecule has 4 heterocycles. The van der Waals surface area contributed by atoms with Crippen LogP contribution in [0.4, 0.5) is 0 Å². The lowest BCUT2D eigenvalue weighted by Crippen LogP contribution is -2.52. The van der Waals surface area contributed by atoms with Gasteiger partial charge in [0.1, 0.15) is 0 Å². The molecule has 6 unspecified atom stereocenters. The Balaban J connectivity index is 1.45. The fraction of sp³-hybridized carbons (Fsp3) is 0.600. The van der Waals surface area contributed by atoms with Crippen LogP contribution in [0.5, 0.6) is 0 Å². The molecule has 2 spiro atoms. The van der Waals surface area contributed by atoms with E-state index in [-0.39, 0.29) is 23.5 Å². The largest absolute Gasteiger partial charge is 0.352 e. The quantitative estimate of drug-likeness (QED) is 0.776. The second kappa shape index (κ2) is 3.66. The fourth-order valence-corrected chi connectivity index (χ4v) is 10.0. The van der Waals surface area contributed by atoms with E-state index < -0.39 is 0 Å². The summed E-state index contributed by atoms with van der Waals surface area (Å²) < 4.78 is 5.29. The molecule has 9 rings (SSSR count). The number of nitrogens with zero attached hydrogens (tertiary/aromatic N) is 3. The first-order valence-electron chi connectivity index (χ1n) is 9.84. The van der Waals surface area contributed by atoms with Crippen molar-refractivity contribution >= 4 is 11.8 Å². The number of hydrogen-bond donors (Lipinski definition) is 0. The molecule has 1 aromatic carbocycles. The van der Waals surface area contributed by atoms with Gasteiger partial charge in [0, 0.05) is 10.8 Å². The Morgan fingerprint density at radius 3 is 2.00 bits per heavy atom. The first-order valence-corrected chi connectivity index (χ1v) is 11.0. The molecule has 2 aromatic rings. The number of hydrogen-bond acceptors (Lipinski definition) is 3. The van der Waals surface area contributed by atoms with Crippen LogP contribution in [-0.4, -0.2) is 25.4 Å². The molecule has 5 nitrogen and oxygen atoms in total. The Kier molecular flexibility index (Phi) is 1.90. The third-order valence-electron chi connectivity index (χ3n) is 9.12. The molecule has 0 radical (unpaired) electrons. The molecule has 7 aliphatic rings. The lowest BCUT2D eigenvalue weighted by Gasteiger charge is -2.47. The van der Waals surface area contributed by atoms with Gasteiger partial charge >= 0.3 is 11.4 Å². The summed E-state index contributed by atoms with van der Waals surface area (Å²) in [7, 11) is 0. The van der Waals surface area contributed by atoms with Gasteiger partial charge in [-0.3, -0.25) is 0 Å².